The van der Waals surface area contributed by atoms with Crippen molar-refractivity contribution in [3.05, 3.63) is 9.66 Å². The van der Waals surface area contributed by atoms with E-state index in [4.69, 9.17) is 5.11 Å². The Labute approximate surface area is 56.6 Å². The van der Waals surface area contributed by atoms with Gasteiger partial charge in [-0.05, 0) is 35.4 Å². The fourth-order valence-electron chi connectivity index (χ4n) is 0.653. The maximum absolute atomic E-state index is 8.92. The normalized spacial score (nSPS) is 30.6. The van der Waals surface area contributed by atoms with Gasteiger partial charge in [0.05, 0.1) is 6.10 Å². The van der Waals surface area contributed by atoms with E-state index in [0.29, 0.717) is 0 Å². The summed E-state index contributed by atoms with van der Waals surface area (Å²) < 4.78 is 1.11. The van der Waals surface area contributed by atoms with Gasteiger partial charge >= 0.3 is 0 Å². The highest BCUT2D eigenvalue weighted by molar-refractivity contribution is 14.1. The van der Waals surface area contributed by atoms with Gasteiger partial charge in [-0.1, -0.05) is 6.08 Å². The van der Waals surface area contributed by atoms with Crippen molar-refractivity contribution in [3.8, 4) is 0 Å². The Hall–Kier alpha value is 0.430. The number of halogens is 1. The van der Waals surface area contributed by atoms with E-state index in [-0.39, 0.29) is 6.10 Å². The molecule has 0 unspecified atom stereocenters. The maximum Gasteiger partial charge on any atom is 0.0846 e. The first-order valence-corrected chi connectivity index (χ1v) is 3.42. The minimum atomic E-state index is -0.138. The van der Waals surface area contributed by atoms with E-state index in [1.807, 2.05) is 0 Å². The van der Waals surface area contributed by atoms with Gasteiger partial charge in [0.25, 0.3) is 0 Å². The van der Waals surface area contributed by atoms with Crippen molar-refractivity contribution >= 4 is 22.6 Å². The highest BCUT2D eigenvalue weighted by Gasteiger charge is 2.11. The lowest BCUT2D eigenvalue weighted by Gasteiger charge is -1.96. The number of hydrogen-bond acceptors (Lipinski definition) is 1. The van der Waals surface area contributed by atoms with Crippen molar-refractivity contribution < 1.29 is 5.11 Å². The molecule has 7 heavy (non-hydrogen) atoms. The average molecular weight is 210 g/mol. The van der Waals surface area contributed by atoms with Gasteiger partial charge < -0.3 is 5.11 Å². The molecule has 0 aliphatic heterocycles. The van der Waals surface area contributed by atoms with E-state index in [2.05, 4.69) is 28.7 Å². The summed E-state index contributed by atoms with van der Waals surface area (Å²) in [5.74, 6) is 0. The molecule has 1 aliphatic carbocycles. The maximum atomic E-state index is 8.92. The quantitative estimate of drug-likeness (QED) is 0.600. The molecular formula is C5H7IO. The third-order valence-corrected chi connectivity index (χ3v) is 2.26. The summed E-state index contributed by atoms with van der Waals surface area (Å²) in [4.78, 5) is 0. The lowest BCUT2D eigenvalue weighted by atomic mass is 10.3. The molecule has 0 amide bonds. The van der Waals surface area contributed by atoms with E-state index < -0.39 is 0 Å². The lowest BCUT2D eigenvalue weighted by molar-refractivity contribution is 0.221. The predicted octanol–water partition coefficient (Wildman–Crippen LogP) is 1.46. The molecule has 0 aromatic carbocycles. The molecule has 40 valence electrons. The average Bonchev–Trinajstić information content (AvgIpc) is 1.91. The van der Waals surface area contributed by atoms with Crippen LogP contribution >= 0.6 is 22.6 Å². The summed E-state index contributed by atoms with van der Waals surface area (Å²) in [6.45, 7) is 0. The minimum absolute atomic E-state index is 0.138. The van der Waals surface area contributed by atoms with Crippen LogP contribution in [0.5, 0.6) is 0 Å². The van der Waals surface area contributed by atoms with Crippen LogP contribution in [0.1, 0.15) is 12.8 Å². The van der Waals surface area contributed by atoms with Crippen molar-refractivity contribution in [1.29, 1.82) is 0 Å². The van der Waals surface area contributed by atoms with Crippen LogP contribution in [0.4, 0.5) is 0 Å². The van der Waals surface area contributed by atoms with Gasteiger partial charge in [-0.25, -0.2) is 0 Å². The van der Waals surface area contributed by atoms with Crippen LogP contribution in [0, 0.1) is 0 Å². The summed E-state index contributed by atoms with van der Waals surface area (Å²) in [5.41, 5.74) is 0. The number of aliphatic hydroxyl groups excluding tert-OH is 1. The molecule has 0 spiro atoms. The molecule has 1 aliphatic rings. The zero-order valence-corrected chi connectivity index (χ0v) is 6.05. The number of allylic oxidation sites excluding steroid dienone is 1. The molecule has 0 fully saturated rings. The molecule has 0 aromatic heterocycles. The lowest BCUT2D eigenvalue weighted by Crippen LogP contribution is -1.97. The first-order valence-electron chi connectivity index (χ1n) is 2.34. The van der Waals surface area contributed by atoms with Crippen LogP contribution in [0.15, 0.2) is 9.66 Å². The Bertz CT molecular complexity index is 98.3. The summed E-state index contributed by atoms with van der Waals surface area (Å²) >= 11 is 2.17. The van der Waals surface area contributed by atoms with E-state index in [9.17, 15) is 0 Å². The summed E-state index contributed by atoms with van der Waals surface area (Å²) in [6, 6.07) is 0. The van der Waals surface area contributed by atoms with Crippen molar-refractivity contribution in [1.82, 2.24) is 0 Å². The standard InChI is InChI=1S/C5H7IO/c6-4-2-1-3-5(4)7/h2,5,7H,1,3H2/t5-/m0/s1. The third kappa shape index (κ3) is 1.16. The van der Waals surface area contributed by atoms with Crippen LogP contribution in [0.3, 0.4) is 0 Å². The van der Waals surface area contributed by atoms with Crippen molar-refractivity contribution in [3.63, 3.8) is 0 Å². The van der Waals surface area contributed by atoms with Gasteiger partial charge in [0.1, 0.15) is 0 Å². The van der Waals surface area contributed by atoms with Crippen LogP contribution in [0.25, 0.3) is 0 Å². The smallest absolute Gasteiger partial charge is 0.0846 e. The molecule has 0 saturated heterocycles. The van der Waals surface area contributed by atoms with Gasteiger partial charge in [-0.15, -0.1) is 0 Å². The van der Waals surface area contributed by atoms with Crippen LogP contribution in [-0.2, 0) is 0 Å². The second kappa shape index (κ2) is 2.13. The van der Waals surface area contributed by atoms with Crippen molar-refractivity contribution in [2.24, 2.45) is 0 Å². The number of aliphatic hydroxyl groups is 1. The second-order valence-corrected chi connectivity index (χ2v) is 2.93. The van der Waals surface area contributed by atoms with Crippen molar-refractivity contribution in [2.75, 3.05) is 0 Å². The molecule has 0 radical (unpaired) electrons. The summed E-state index contributed by atoms with van der Waals surface area (Å²) in [5, 5.41) is 8.92. The Morgan fingerprint density at radius 1 is 1.86 bits per heavy atom. The van der Waals surface area contributed by atoms with E-state index in [0.717, 1.165) is 16.4 Å². The van der Waals surface area contributed by atoms with Crippen LogP contribution in [0.2, 0.25) is 0 Å². The van der Waals surface area contributed by atoms with Gasteiger partial charge in [-0.2, -0.15) is 0 Å². The first-order chi connectivity index (χ1) is 3.30. The second-order valence-electron chi connectivity index (χ2n) is 1.68. The van der Waals surface area contributed by atoms with Gasteiger partial charge in [0, 0.05) is 3.58 Å². The monoisotopic (exact) mass is 210 g/mol. The van der Waals surface area contributed by atoms with E-state index in [1.54, 1.807) is 0 Å². The van der Waals surface area contributed by atoms with Gasteiger partial charge in [0.15, 0.2) is 0 Å². The van der Waals surface area contributed by atoms with Gasteiger partial charge in [-0.3, -0.25) is 0 Å². The van der Waals surface area contributed by atoms with Gasteiger partial charge in [0.2, 0.25) is 0 Å². The largest absolute Gasteiger partial charge is 0.388 e. The highest BCUT2D eigenvalue weighted by Crippen LogP contribution is 2.23. The first kappa shape index (κ1) is 5.56. The highest BCUT2D eigenvalue weighted by atomic mass is 127. The topological polar surface area (TPSA) is 20.2 Å². The Kier molecular flexibility index (Phi) is 1.69. The Morgan fingerprint density at radius 2 is 2.57 bits per heavy atom. The minimum Gasteiger partial charge on any atom is -0.388 e. The molecule has 0 heterocycles. The number of rotatable bonds is 0. The third-order valence-electron chi connectivity index (χ3n) is 1.10. The van der Waals surface area contributed by atoms with Crippen LogP contribution in [-0.4, -0.2) is 11.2 Å². The van der Waals surface area contributed by atoms with E-state index in [1.165, 1.54) is 0 Å². The summed E-state index contributed by atoms with van der Waals surface area (Å²) in [7, 11) is 0. The molecule has 1 nitrogen and oxygen atoms in total. The molecule has 1 N–H and O–H groups in total. The molecular weight excluding hydrogens is 203 g/mol. The Morgan fingerprint density at radius 3 is 2.71 bits per heavy atom. The summed E-state index contributed by atoms with van der Waals surface area (Å²) in [6.07, 6.45) is 3.92. The fraction of sp³-hybridized carbons (Fsp3) is 0.600. The fourth-order valence-corrected chi connectivity index (χ4v) is 1.28. The van der Waals surface area contributed by atoms with Crippen LogP contribution < -0.4 is 0 Å². The zero-order chi connectivity index (χ0) is 5.28. The molecule has 0 bridgehead atoms. The molecule has 1 rings (SSSR count). The zero-order valence-electron chi connectivity index (χ0n) is 3.89. The van der Waals surface area contributed by atoms with Crippen molar-refractivity contribution in [2.45, 2.75) is 18.9 Å². The molecule has 0 saturated carbocycles. The number of hydrogen-bond donors (Lipinski definition) is 1. The Balaban J connectivity index is 2.54. The predicted molar refractivity (Wildman–Crippen MR) is 37.3 cm³/mol. The molecule has 1 atom stereocenters. The van der Waals surface area contributed by atoms with E-state index >= 15 is 0 Å². The molecule has 0 aromatic rings. The molecule has 2 heteroatoms. The SMILES string of the molecule is O[C@H]1CCC=C1I.